The van der Waals surface area contributed by atoms with E-state index < -0.39 is 0 Å². The number of thioether (sulfide) groups is 1. The van der Waals surface area contributed by atoms with Gasteiger partial charge in [-0.15, -0.1) is 0 Å². The summed E-state index contributed by atoms with van der Waals surface area (Å²) in [5, 5.41) is 10.0. The van der Waals surface area contributed by atoms with Gasteiger partial charge in [-0.2, -0.15) is 11.8 Å². The number of anilines is 1. The molecule has 1 amide bonds. The highest BCUT2D eigenvalue weighted by atomic mass is 32.2. The molecule has 2 aliphatic rings. The highest BCUT2D eigenvalue weighted by Gasteiger charge is 2.24. The first-order chi connectivity index (χ1) is 13.2. The molecule has 27 heavy (non-hydrogen) atoms. The molecule has 0 radical (unpaired) electrons. The van der Waals surface area contributed by atoms with E-state index >= 15 is 0 Å². The summed E-state index contributed by atoms with van der Waals surface area (Å²) < 4.78 is 5.84. The number of aromatic nitrogens is 1. The number of amides is 1. The Labute approximate surface area is 163 Å². The van der Waals surface area contributed by atoms with Crippen LogP contribution in [0.1, 0.15) is 16.8 Å². The smallest absolute Gasteiger partial charge is 0.255 e. The van der Waals surface area contributed by atoms with E-state index in [-0.39, 0.29) is 17.8 Å². The van der Waals surface area contributed by atoms with Gasteiger partial charge in [0.15, 0.2) is 0 Å². The van der Waals surface area contributed by atoms with Crippen LogP contribution in [0.15, 0.2) is 42.6 Å². The maximum Gasteiger partial charge on any atom is 0.255 e. The summed E-state index contributed by atoms with van der Waals surface area (Å²) in [6.45, 7) is 2.62. The molecule has 0 saturated carbocycles. The molecule has 1 atom stereocenters. The van der Waals surface area contributed by atoms with Gasteiger partial charge in [-0.25, -0.2) is 4.98 Å². The average molecular weight is 385 g/mol. The van der Waals surface area contributed by atoms with Crippen LogP contribution in [-0.4, -0.2) is 64.7 Å². The molecule has 7 heteroatoms. The molecule has 4 rings (SSSR count). The number of rotatable bonds is 4. The summed E-state index contributed by atoms with van der Waals surface area (Å²) in [4.78, 5) is 21.0. The lowest BCUT2D eigenvalue weighted by atomic mass is 10.2. The number of ether oxygens (including phenoxy) is 1. The van der Waals surface area contributed by atoms with Gasteiger partial charge in [0.25, 0.3) is 5.91 Å². The number of carbonyl (C=O) groups excluding carboxylic acids is 1. The van der Waals surface area contributed by atoms with Crippen LogP contribution in [0.4, 0.5) is 5.69 Å². The molecule has 142 valence electrons. The molecule has 0 bridgehead atoms. The predicted molar refractivity (Wildman–Crippen MR) is 107 cm³/mol. The van der Waals surface area contributed by atoms with Crippen molar-refractivity contribution in [2.24, 2.45) is 0 Å². The second-order valence-corrected chi connectivity index (χ2v) is 7.91. The highest BCUT2D eigenvalue weighted by molar-refractivity contribution is 7.99. The van der Waals surface area contributed by atoms with Crippen molar-refractivity contribution in [3.63, 3.8) is 0 Å². The van der Waals surface area contributed by atoms with Crippen molar-refractivity contribution < 1.29 is 14.6 Å². The molecule has 3 heterocycles. The fourth-order valence-electron chi connectivity index (χ4n) is 3.42. The van der Waals surface area contributed by atoms with Crippen LogP contribution in [0.3, 0.4) is 0 Å². The fourth-order valence-corrected chi connectivity index (χ4v) is 4.51. The molecule has 2 aromatic rings. The zero-order chi connectivity index (χ0) is 18.6. The zero-order valence-corrected chi connectivity index (χ0v) is 15.9. The molecule has 1 unspecified atom stereocenters. The Kier molecular flexibility index (Phi) is 5.38. The lowest BCUT2D eigenvalue weighted by Gasteiger charge is -2.36. The van der Waals surface area contributed by atoms with Crippen LogP contribution >= 0.6 is 11.8 Å². The minimum absolute atomic E-state index is 0.0117. The Bertz CT molecular complexity index is 785. The first-order valence-electron chi connectivity index (χ1n) is 9.23. The number of nitrogens with zero attached hydrogens (tertiary/aromatic N) is 3. The van der Waals surface area contributed by atoms with E-state index in [1.165, 1.54) is 0 Å². The second kappa shape index (κ2) is 8.08. The summed E-state index contributed by atoms with van der Waals surface area (Å²) in [6.07, 6.45) is 2.88. The number of carbonyl (C=O) groups is 1. The number of pyridine rings is 1. The highest BCUT2D eigenvalue weighted by Crippen LogP contribution is 2.27. The van der Waals surface area contributed by atoms with E-state index in [9.17, 15) is 9.90 Å². The monoisotopic (exact) mass is 385 g/mol. The van der Waals surface area contributed by atoms with Crippen LogP contribution in [0.5, 0.6) is 11.6 Å². The van der Waals surface area contributed by atoms with Gasteiger partial charge in [0.05, 0.1) is 11.3 Å². The topological polar surface area (TPSA) is 65.9 Å². The third-order valence-electron chi connectivity index (χ3n) is 4.95. The molecule has 1 aromatic heterocycles. The fraction of sp³-hybridized carbons (Fsp3) is 0.400. The first-order valence-corrected chi connectivity index (χ1v) is 10.4. The standard InChI is InChI=1S/C20H23N3O3S/c24-18-4-2-1-3-17(18)22-8-10-23(11-9-22)20(25)15-5-6-19(21-13-15)26-16-7-12-27-14-16/h1-6,13,16,24H,7-12,14H2. The Balaban J connectivity index is 1.34. The number of hydrogen-bond donors (Lipinski definition) is 1. The van der Waals surface area contributed by atoms with E-state index in [0.717, 1.165) is 23.6 Å². The lowest BCUT2D eigenvalue weighted by molar-refractivity contribution is 0.0746. The molecule has 2 saturated heterocycles. The van der Waals surface area contributed by atoms with Gasteiger partial charge >= 0.3 is 0 Å². The van der Waals surface area contributed by atoms with Gasteiger partial charge in [-0.3, -0.25) is 4.79 Å². The third-order valence-corrected chi connectivity index (χ3v) is 6.08. The summed E-state index contributed by atoms with van der Waals surface area (Å²) >= 11 is 1.89. The van der Waals surface area contributed by atoms with Crippen molar-refractivity contribution in [1.82, 2.24) is 9.88 Å². The number of phenolic OH excluding ortho intramolecular Hbond substituents is 1. The van der Waals surface area contributed by atoms with Crippen molar-refractivity contribution in [3.05, 3.63) is 48.2 Å². The average Bonchev–Trinajstić information content (AvgIpc) is 3.22. The van der Waals surface area contributed by atoms with Gasteiger partial charge in [0, 0.05) is 44.2 Å². The number of piperazine rings is 1. The third kappa shape index (κ3) is 4.13. The molecular formula is C20H23N3O3S. The lowest BCUT2D eigenvalue weighted by Crippen LogP contribution is -2.48. The summed E-state index contributed by atoms with van der Waals surface area (Å²) in [7, 11) is 0. The Morgan fingerprint density at radius 2 is 1.96 bits per heavy atom. The molecule has 0 spiro atoms. The van der Waals surface area contributed by atoms with Crippen LogP contribution in [-0.2, 0) is 0 Å². The van der Waals surface area contributed by atoms with E-state index in [0.29, 0.717) is 37.6 Å². The van der Waals surface area contributed by atoms with Crippen LogP contribution in [0.2, 0.25) is 0 Å². The second-order valence-electron chi connectivity index (χ2n) is 6.76. The maximum absolute atomic E-state index is 12.7. The Morgan fingerprint density at radius 3 is 2.63 bits per heavy atom. The van der Waals surface area contributed by atoms with Crippen molar-refractivity contribution in [2.75, 3.05) is 42.6 Å². The Morgan fingerprint density at radius 1 is 1.15 bits per heavy atom. The number of aromatic hydroxyl groups is 1. The van der Waals surface area contributed by atoms with Gasteiger partial charge in [0.1, 0.15) is 11.9 Å². The van der Waals surface area contributed by atoms with E-state index in [4.69, 9.17) is 4.74 Å². The number of phenols is 1. The number of hydrogen-bond acceptors (Lipinski definition) is 6. The van der Waals surface area contributed by atoms with Gasteiger partial charge in [-0.1, -0.05) is 12.1 Å². The number of benzene rings is 1. The maximum atomic E-state index is 12.7. The Hall–Kier alpha value is -2.41. The summed E-state index contributed by atoms with van der Waals surface area (Å²) in [5.41, 5.74) is 1.40. The van der Waals surface area contributed by atoms with E-state index in [1.54, 1.807) is 24.4 Å². The quantitative estimate of drug-likeness (QED) is 0.873. The summed E-state index contributed by atoms with van der Waals surface area (Å²) in [5.74, 6) is 2.99. The summed E-state index contributed by atoms with van der Waals surface area (Å²) in [6, 6.07) is 10.9. The minimum Gasteiger partial charge on any atom is -0.506 e. The van der Waals surface area contributed by atoms with Gasteiger partial charge in [-0.05, 0) is 30.4 Å². The van der Waals surface area contributed by atoms with Crippen LogP contribution in [0.25, 0.3) is 0 Å². The molecule has 1 aromatic carbocycles. The van der Waals surface area contributed by atoms with Crippen molar-refractivity contribution in [3.8, 4) is 11.6 Å². The molecule has 1 N–H and O–H groups in total. The minimum atomic E-state index is -0.0117. The van der Waals surface area contributed by atoms with Crippen molar-refractivity contribution >= 4 is 23.4 Å². The first kappa shape index (κ1) is 18.0. The van der Waals surface area contributed by atoms with Crippen LogP contribution < -0.4 is 9.64 Å². The van der Waals surface area contributed by atoms with Gasteiger partial charge in [0.2, 0.25) is 5.88 Å². The zero-order valence-electron chi connectivity index (χ0n) is 15.1. The van der Waals surface area contributed by atoms with Crippen molar-refractivity contribution in [2.45, 2.75) is 12.5 Å². The SMILES string of the molecule is O=C(c1ccc(OC2CCSC2)nc1)N1CCN(c2ccccc2O)CC1. The predicted octanol–water partition coefficient (Wildman–Crippen LogP) is 2.63. The largest absolute Gasteiger partial charge is 0.506 e. The molecule has 2 fully saturated rings. The van der Waals surface area contributed by atoms with E-state index in [1.807, 2.05) is 34.9 Å². The molecule has 6 nitrogen and oxygen atoms in total. The number of para-hydroxylation sites is 2. The molecule has 2 aliphatic heterocycles. The molecule has 0 aliphatic carbocycles. The normalized spacial score (nSPS) is 19.9. The van der Waals surface area contributed by atoms with Crippen LogP contribution in [0, 0.1) is 0 Å². The van der Waals surface area contributed by atoms with E-state index in [2.05, 4.69) is 9.88 Å². The van der Waals surface area contributed by atoms with Gasteiger partial charge < -0.3 is 19.6 Å². The van der Waals surface area contributed by atoms with Crippen molar-refractivity contribution in [1.29, 1.82) is 0 Å². The molecular weight excluding hydrogens is 362 g/mol.